The largest absolute Gasteiger partial charge is 0.462 e. The van der Waals surface area contributed by atoms with Gasteiger partial charge in [-0.25, -0.2) is 9.78 Å². The van der Waals surface area contributed by atoms with Crippen molar-refractivity contribution in [1.82, 2.24) is 4.98 Å². The third-order valence-corrected chi connectivity index (χ3v) is 5.76. The molecule has 0 amide bonds. The molecule has 0 atom stereocenters. The predicted octanol–water partition coefficient (Wildman–Crippen LogP) is 6.06. The van der Waals surface area contributed by atoms with Crippen LogP contribution in [0.5, 0.6) is 0 Å². The van der Waals surface area contributed by atoms with E-state index in [1.165, 1.54) is 0 Å². The van der Waals surface area contributed by atoms with Gasteiger partial charge in [-0.1, -0.05) is 23.2 Å². The topological polar surface area (TPSA) is 51.2 Å². The Kier molecular flexibility index (Phi) is 4.80. The molecule has 6 heteroatoms. The van der Waals surface area contributed by atoms with Gasteiger partial charge in [0.15, 0.2) is 0 Å². The van der Waals surface area contributed by atoms with Crippen LogP contribution in [0.15, 0.2) is 24.4 Å². The van der Waals surface area contributed by atoms with Gasteiger partial charge in [0.05, 0.1) is 12.2 Å². The monoisotopic (exact) mass is 390 g/mol. The van der Waals surface area contributed by atoms with Crippen molar-refractivity contribution in [2.75, 3.05) is 11.9 Å². The third kappa shape index (κ3) is 3.17. The van der Waals surface area contributed by atoms with Crippen molar-refractivity contribution in [2.24, 2.45) is 0 Å². The van der Waals surface area contributed by atoms with Gasteiger partial charge in [0.2, 0.25) is 0 Å². The van der Waals surface area contributed by atoms with E-state index in [1.807, 2.05) is 19.1 Å². The smallest absolute Gasteiger partial charge is 0.339 e. The minimum absolute atomic E-state index is 0.277. The number of nitrogens with one attached hydrogen (secondary N) is 1. The number of esters is 1. The number of benzene rings is 1. The number of halogens is 2. The molecule has 5 rings (SSSR count). The number of rotatable bonds is 4. The highest BCUT2D eigenvalue weighted by molar-refractivity contribution is 6.35. The number of pyridine rings is 1. The molecule has 1 aromatic carbocycles. The summed E-state index contributed by atoms with van der Waals surface area (Å²) in [6.45, 7) is 2.19. The number of hydrogen-bond donors (Lipinski definition) is 1. The second kappa shape index (κ2) is 7.09. The zero-order chi connectivity index (χ0) is 18.3. The average molecular weight is 391 g/mol. The summed E-state index contributed by atoms with van der Waals surface area (Å²) in [5, 5.41) is 4.50. The number of fused-ring (bicyclic) bond motifs is 2. The number of carbonyl (C=O) groups is 1. The Morgan fingerprint density at radius 2 is 1.73 bits per heavy atom. The lowest BCUT2D eigenvalue weighted by atomic mass is 9.66. The van der Waals surface area contributed by atoms with E-state index in [9.17, 15) is 4.79 Å². The molecule has 0 radical (unpaired) electrons. The first-order chi connectivity index (χ1) is 12.6. The number of ether oxygens (including phenoxy) is 1. The summed E-state index contributed by atoms with van der Waals surface area (Å²) >= 11 is 12.2. The van der Waals surface area contributed by atoms with Crippen molar-refractivity contribution in [3.8, 4) is 0 Å². The van der Waals surface area contributed by atoms with E-state index in [4.69, 9.17) is 27.9 Å². The van der Waals surface area contributed by atoms with Crippen molar-refractivity contribution in [3.63, 3.8) is 0 Å². The number of anilines is 2. The molecule has 2 bridgehead atoms. The van der Waals surface area contributed by atoms with Gasteiger partial charge >= 0.3 is 5.97 Å². The zero-order valence-electron chi connectivity index (χ0n) is 14.5. The Bertz CT molecular complexity index is 841. The summed E-state index contributed by atoms with van der Waals surface area (Å²) < 4.78 is 5.26. The van der Waals surface area contributed by atoms with Gasteiger partial charge in [-0.15, -0.1) is 0 Å². The van der Waals surface area contributed by atoms with Crippen LogP contribution in [0.1, 0.15) is 65.9 Å². The second-order valence-electron chi connectivity index (χ2n) is 6.90. The number of aromatic nitrogens is 1. The van der Waals surface area contributed by atoms with Crippen LogP contribution in [0.2, 0.25) is 10.0 Å². The summed E-state index contributed by atoms with van der Waals surface area (Å²) in [7, 11) is 0. The van der Waals surface area contributed by atoms with Crippen LogP contribution in [-0.2, 0) is 4.74 Å². The molecule has 26 heavy (non-hydrogen) atoms. The molecule has 0 unspecified atom stereocenters. The van der Waals surface area contributed by atoms with E-state index in [-0.39, 0.29) is 5.97 Å². The Morgan fingerprint density at radius 3 is 2.35 bits per heavy atom. The summed E-state index contributed by atoms with van der Waals surface area (Å²) in [6, 6.07) is 5.34. The summed E-state index contributed by atoms with van der Waals surface area (Å²) in [6.07, 6.45) is 6.16. The van der Waals surface area contributed by atoms with Gasteiger partial charge in [-0.2, -0.15) is 0 Å². The maximum atomic E-state index is 12.4. The number of carbonyl (C=O) groups excluding carboxylic acids is 1. The van der Waals surface area contributed by atoms with Gasteiger partial charge in [0.25, 0.3) is 0 Å². The summed E-state index contributed by atoms with van der Waals surface area (Å²) in [4.78, 5) is 17.0. The van der Waals surface area contributed by atoms with E-state index in [0.717, 1.165) is 48.3 Å². The van der Waals surface area contributed by atoms with Crippen molar-refractivity contribution in [1.29, 1.82) is 0 Å². The summed E-state index contributed by atoms with van der Waals surface area (Å²) in [5.74, 6) is 1.34. The zero-order valence-corrected chi connectivity index (χ0v) is 16.0. The SMILES string of the molecule is CCOC(=O)c1cnc(Nc2cc(Cl)cc(Cl)c2)c2c1C1CCC2CC1. The third-order valence-electron chi connectivity index (χ3n) is 5.32. The molecule has 0 spiro atoms. The average Bonchev–Trinajstić information content (AvgIpc) is 2.62. The molecule has 3 aliphatic rings. The van der Waals surface area contributed by atoms with Gasteiger partial charge < -0.3 is 10.1 Å². The van der Waals surface area contributed by atoms with Crippen LogP contribution in [0.25, 0.3) is 0 Å². The first kappa shape index (κ1) is 17.6. The molecule has 1 saturated carbocycles. The normalized spacial score (nSPS) is 20.6. The minimum atomic E-state index is -0.277. The van der Waals surface area contributed by atoms with E-state index in [2.05, 4.69) is 10.3 Å². The molecular weight excluding hydrogens is 371 g/mol. The molecule has 4 nitrogen and oxygen atoms in total. The van der Waals surface area contributed by atoms with E-state index in [0.29, 0.717) is 34.1 Å². The van der Waals surface area contributed by atoms with Crippen molar-refractivity contribution >= 4 is 40.7 Å². The molecule has 0 aliphatic heterocycles. The molecule has 3 aliphatic carbocycles. The first-order valence-electron chi connectivity index (χ1n) is 8.99. The van der Waals surface area contributed by atoms with Crippen LogP contribution in [0, 0.1) is 0 Å². The Hall–Kier alpha value is -1.78. The van der Waals surface area contributed by atoms with Gasteiger partial charge in [0, 0.05) is 27.5 Å². The fourth-order valence-corrected chi connectivity index (χ4v) is 4.82. The Labute approximate surface area is 162 Å². The molecule has 1 heterocycles. The van der Waals surface area contributed by atoms with Gasteiger partial charge in [-0.3, -0.25) is 0 Å². The van der Waals surface area contributed by atoms with Crippen molar-refractivity contribution in [3.05, 3.63) is 51.1 Å². The maximum absolute atomic E-state index is 12.4. The lowest BCUT2D eigenvalue weighted by Gasteiger charge is -2.40. The van der Waals surface area contributed by atoms with Crippen LogP contribution < -0.4 is 5.32 Å². The fraction of sp³-hybridized carbons (Fsp3) is 0.400. The molecule has 1 fully saturated rings. The fourth-order valence-electron chi connectivity index (χ4n) is 4.30. The molecule has 0 saturated heterocycles. The number of nitrogens with zero attached hydrogens (tertiary/aromatic N) is 1. The lowest BCUT2D eigenvalue weighted by Crippen LogP contribution is -2.26. The Balaban J connectivity index is 1.79. The predicted molar refractivity (Wildman–Crippen MR) is 104 cm³/mol. The molecule has 1 N–H and O–H groups in total. The van der Waals surface area contributed by atoms with Crippen LogP contribution in [-0.4, -0.2) is 17.6 Å². The van der Waals surface area contributed by atoms with E-state index >= 15 is 0 Å². The quantitative estimate of drug-likeness (QED) is 0.644. The highest BCUT2D eigenvalue weighted by Crippen LogP contribution is 2.52. The minimum Gasteiger partial charge on any atom is -0.462 e. The molecule has 136 valence electrons. The van der Waals surface area contributed by atoms with Crippen LogP contribution in [0.3, 0.4) is 0 Å². The molecule has 2 aromatic rings. The lowest BCUT2D eigenvalue weighted by molar-refractivity contribution is 0.0522. The second-order valence-corrected chi connectivity index (χ2v) is 7.77. The van der Waals surface area contributed by atoms with Gasteiger partial charge in [0.1, 0.15) is 5.82 Å². The highest BCUT2D eigenvalue weighted by Gasteiger charge is 2.38. The highest BCUT2D eigenvalue weighted by atomic mass is 35.5. The molecular formula is C20H20Cl2N2O2. The van der Waals surface area contributed by atoms with E-state index in [1.54, 1.807) is 12.3 Å². The Morgan fingerprint density at radius 1 is 1.12 bits per heavy atom. The van der Waals surface area contributed by atoms with E-state index < -0.39 is 0 Å². The first-order valence-corrected chi connectivity index (χ1v) is 9.75. The van der Waals surface area contributed by atoms with Gasteiger partial charge in [-0.05, 0) is 68.2 Å². The molecule has 1 aromatic heterocycles. The van der Waals surface area contributed by atoms with Crippen LogP contribution in [0.4, 0.5) is 11.5 Å². The summed E-state index contributed by atoms with van der Waals surface area (Å²) in [5.41, 5.74) is 3.69. The van der Waals surface area contributed by atoms with Crippen molar-refractivity contribution in [2.45, 2.75) is 44.4 Å². The van der Waals surface area contributed by atoms with Crippen LogP contribution >= 0.6 is 23.2 Å². The van der Waals surface area contributed by atoms with Crippen molar-refractivity contribution < 1.29 is 9.53 Å². The number of hydrogen-bond acceptors (Lipinski definition) is 4. The standard InChI is InChI=1S/C20H20Cl2N2O2/c1-2-26-20(25)16-10-23-19(24-15-8-13(21)7-14(22)9-15)18-12-5-3-11(4-6-12)17(16)18/h7-12H,2-6H2,1H3,(H,23,24). The maximum Gasteiger partial charge on any atom is 0.339 e.